The highest BCUT2D eigenvalue weighted by Crippen LogP contribution is 2.25. The molecule has 25 heavy (non-hydrogen) atoms. The van der Waals surface area contributed by atoms with E-state index in [-0.39, 0.29) is 29.7 Å². The van der Waals surface area contributed by atoms with Crippen molar-refractivity contribution in [2.45, 2.75) is 25.7 Å². The summed E-state index contributed by atoms with van der Waals surface area (Å²) in [4.78, 5) is 28.3. The third kappa shape index (κ3) is 4.43. The summed E-state index contributed by atoms with van der Waals surface area (Å²) in [7, 11) is 0. The molecule has 0 saturated carbocycles. The van der Waals surface area contributed by atoms with Crippen molar-refractivity contribution >= 4 is 24.1 Å². The average Bonchev–Trinajstić information content (AvgIpc) is 2.57. The van der Waals surface area contributed by atoms with E-state index in [1.807, 2.05) is 0 Å². The van der Waals surface area contributed by atoms with Crippen LogP contribution in [0.2, 0.25) is 0 Å². The Labute approximate surface area is 150 Å². The van der Waals surface area contributed by atoms with Crippen LogP contribution in [0.15, 0.2) is 33.6 Å². The number of piperidine rings is 1. The molecule has 0 bridgehead atoms. The number of aryl methyl sites for hydroxylation is 1. The van der Waals surface area contributed by atoms with Crippen molar-refractivity contribution in [1.29, 1.82) is 0 Å². The maximum atomic E-state index is 12.9. The molecule has 0 aliphatic carbocycles. The smallest absolute Gasteiger partial charge is 0.349 e. The second-order valence-electron chi connectivity index (χ2n) is 5.83. The molecule has 0 radical (unpaired) electrons. The maximum Gasteiger partial charge on any atom is 0.349 e. The Morgan fingerprint density at radius 3 is 2.68 bits per heavy atom. The van der Waals surface area contributed by atoms with Crippen molar-refractivity contribution in [2.75, 3.05) is 18.4 Å². The third-order valence-corrected chi connectivity index (χ3v) is 4.11. The van der Waals surface area contributed by atoms with E-state index in [0.29, 0.717) is 11.3 Å². The van der Waals surface area contributed by atoms with Crippen LogP contribution >= 0.6 is 12.4 Å². The fourth-order valence-electron chi connectivity index (χ4n) is 2.84. The lowest BCUT2D eigenvalue weighted by molar-refractivity contribution is 0.102. The second-order valence-corrected chi connectivity index (χ2v) is 5.83. The molecule has 1 fully saturated rings. The fraction of sp³-hybridized carbons (Fsp3) is 0.353. The minimum absolute atomic E-state index is 0. The quantitative estimate of drug-likeness (QED) is 0.871. The predicted octanol–water partition coefficient (Wildman–Crippen LogP) is 2.62. The van der Waals surface area contributed by atoms with Crippen LogP contribution in [0, 0.1) is 12.7 Å². The average molecular weight is 368 g/mol. The summed E-state index contributed by atoms with van der Waals surface area (Å²) in [6.07, 6.45) is 2.78. The van der Waals surface area contributed by atoms with Crippen LogP contribution in [0.5, 0.6) is 0 Å². The number of anilines is 1. The molecular formula is C17H19ClFN3O3. The summed E-state index contributed by atoms with van der Waals surface area (Å²) in [5.74, 6) is -0.140. The highest BCUT2D eigenvalue weighted by molar-refractivity contribution is 6.04. The number of hydrogen-bond donors (Lipinski definition) is 2. The molecule has 0 unspecified atom stereocenters. The Kier molecular flexibility index (Phi) is 6.27. The maximum absolute atomic E-state index is 12.9. The largest absolute Gasteiger partial charge is 0.427 e. The number of rotatable bonds is 3. The predicted molar refractivity (Wildman–Crippen MR) is 94.0 cm³/mol. The van der Waals surface area contributed by atoms with Gasteiger partial charge in [-0.05, 0) is 56.6 Å². The molecule has 2 aromatic rings. The summed E-state index contributed by atoms with van der Waals surface area (Å²) < 4.78 is 18.2. The van der Waals surface area contributed by atoms with Crippen molar-refractivity contribution < 1.29 is 13.6 Å². The summed E-state index contributed by atoms with van der Waals surface area (Å²) in [6.45, 7) is 3.46. The van der Waals surface area contributed by atoms with Gasteiger partial charge in [-0.3, -0.25) is 4.79 Å². The normalized spacial score (nSPS) is 14.6. The Hall–Kier alpha value is -2.25. The van der Waals surface area contributed by atoms with Gasteiger partial charge in [0.2, 0.25) is 0 Å². The summed E-state index contributed by atoms with van der Waals surface area (Å²) in [6, 6.07) is 4.26. The molecule has 0 spiro atoms. The number of nitrogens with zero attached hydrogens (tertiary/aromatic N) is 1. The van der Waals surface area contributed by atoms with Gasteiger partial charge in [0, 0.05) is 5.92 Å². The molecule has 3 rings (SSSR count). The zero-order valence-corrected chi connectivity index (χ0v) is 14.5. The van der Waals surface area contributed by atoms with Crippen LogP contribution in [-0.2, 0) is 0 Å². The van der Waals surface area contributed by atoms with Crippen molar-refractivity contribution in [1.82, 2.24) is 10.3 Å². The number of pyridine rings is 1. The standard InChI is InChI=1S/C17H18FN3O3.ClH/c1-10-8-13(11-4-6-19-7-5-11)24-17(23)15(10)16(22)21-14-3-2-12(18)9-20-14;/h2-3,8-9,11,19H,4-7H2,1H3,(H,20,21,22);1H. The Bertz CT molecular complexity index is 802. The molecule has 6 nitrogen and oxygen atoms in total. The van der Waals surface area contributed by atoms with Crippen molar-refractivity contribution in [2.24, 2.45) is 0 Å². The van der Waals surface area contributed by atoms with E-state index in [4.69, 9.17) is 4.42 Å². The zero-order valence-electron chi connectivity index (χ0n) is 13.7. The number of aromatic nitrogens is 1. The molecule has 134 valence electrons. The fourth-order valence-corrected chi connectivity index (χ4v) is 2.84. The Morgan fingerprint density at radius 1 is 1.36 bits per heavy atom. The highest BCUT2D eigenvalue weighted by atomic mass is 35.5. The lowest BCUT2D eigenvalue weighted by atomic mass is 9.94. The Balaban J connectivity index is 0.00000225. The van der Waals surface area contributed by atoms with Gasteiger partial charge in [-0.2, -0.15) is 0 Å². The number of hydrogen-bond acceptors (Lipinski definition) is 5. The van der Waals surface area contributed by atoms with Crippen LogP contribution in [0.25, 0.3) is 0 Å². The molecule has 0 atom stereocenters. The van der Waals surface area contributed by atoms with Gasteiger partial charge < -0.3 is 15.1 Å². The summed E-state index contributed by atoms with van der Waals surface area (Å²) in [5.41, 5.74) is -0.165. The minimum atomic E-state index is -0.664. The number of amides is 1. The van der Waals surface area contributed by atoms with Gasteiger partial charge in [-0.15, -0.1) is 12.4 Å². The van der Waals surface area contributed by atoms with Gasteiger partial charge in [-0.25, -0.2) is 14.2 Å². The molecule has 8 heteroatoms. The SMILES string of the molecule is Cc1cc(C2CCNCC2)oc(=O)c1C(=O)Nc1ccc(F)cn1.Cl. The lowest BCUT2D eigenvalue weighted by Gasteiger charge is -2.21. The van der Waals surface area contributed by atoms with Crippen LogP contribution in [0.3, 0.4) is 0 Å². The van der Waals surface area contributed by atoms with Gasteiger partial charge in [0.15, 0.2) is 0 Å². The van der Waals surface area contributed by atoms with E-state index in [2.05, 4.69) is 15.6 Å². The van der Waals surface area contributed by atoms with Crippen molar-refractivity contribution in [3.63, 3.8) is 0 Å². The van der Waals surface area contributed by atoms with E-state index in [1.165, 1.54) is 12.1 Å². The van der Waals surface area contributed by atoms with Gasteiger partial charge >= 0.3 is 5.63 Å². The monoisotopic (exact) mass is 367 g/mol. The molecule has 1 aliphatic rings. The first-order valence-corrected chi connectivity index (χ1v) is 7.83. The molecule has 1 saturated heterocycles. The number of carbonyl (C=O) groups is 1. The highest BCUT2D eigenvalue weighted by Gasteiger charge is 2.22. The Morgan fingerprint density at radius 2 is 2.08 bits per heavy atom. The van der Waals surface area contributed by atoms with E-state index in [9.17, 15) is 14.0 Å². The topological polar surface area (TPSA) is 84.2 Å². The molecule has 0 aromatic carbocycles. The third-order valence-electron chi connectivity index (χ3n) is 4.11. The lowest BCUT2D eigenvalue weighted by Crippen LogP contribution is -2.28. The van der Waals surface area contributed by atoms with Crippen LogP contribution < -0.4 is 16.3 Å². The van der Waals surface area contributed by atoms with Crippen LogP contribution in [-0.4, -0.2) is 24.0 Å². The molecule has 1 aliphatic heterocycles. The van der Waals surface area contributed by atoms with Crippen molar-refractivity contribution in [3.8, 4) is 0 Å². The number of halogens is 2. The second kappa shape index (κ2) is 8.22. The van der Waals surface area contributed by atoms with E-state index < -0.39 is 17.3 Å². The van der Waals surface area contributed by atoms with E-state index in [1.54, 1.807) is 13.0 Å². The van der Waals surface area contributed by atoms with Crippen LogP contribution in [0.1, 0.15) is 40.4 Å². The van der Waals surface area contributed by atoms with E-state index >= 15 is 0 Å². The molecule has 2 N–H and O–H groups in total. The first-order chi connectivity index (χ1) is 11.5. The zero-order chi connectivity index (χ0) is 17.1. The van der Waals surface area contributed by atoms with Gasteiger partial charge in [0.25, 0.3) is 5.91 Å². The van der Waals surface area contributed by atoms with Gasteiger partial charge in [-0.1, -0.05) is 0 Å². The number of nitrogens with one attached hydrogen (secondary N) is 2. The van der Waals surface area contributed by atoms with Crippen molar-refractivity contribution in [3.05, 3.63) is 57.5 Å². The molecular weight excluding hydrogens is 349 g/mol. The first kappa shape index (κ1) is 19.1. The number of carbonyl (C=O) groups excluding carboxylic acids is 1. The van der Waals surface area contributed by atoms with Gasteiger partial charge in [0.1, 0.15) is 23.0 Å². The summed E-state index contributed by atoms with van der Waals surface area (Å²) in [5, 5.41) is 5.74. The van der Waals surface area contributed by atoms with E-state index in [0.717, 1.165) is 32.1 Å². The summed E-state index contributed by atoms with van der Waals surface area (Å²) >= 11 is 0. The van der Waals surface area contributed by atoms with Gasteiger partial charge in [0.05, 0.1) is 6.20 Å². The molecule has 1 amide bonds. The first-order valence-electron chi connectivity index (χ1n) is 7.83. The minimum Gasteiger partial charge on any atom is -0.427 e. The molecule has 2 aromatic heterocycles. The molecule has 3 heterocycles. The van der Waals surface area contributed by atoms with Crippen LogP contribution in [0.4, 0.5) is 10.2 Å².